The highest BCUT2D eigenvalue weighted by Crippen LogP contribution is 2.08. The van der Waals surface area contributed by atoms with Crippen molar-refractivity contribution in [2.24, 2.45) is 5.92 Å². The fourth-order valence-electron chi connectivity index (χ4n) is 0.996. The lowest BCUT2D eigenvalue weighted by molar-refractivity contribution is 0.261. The van der Waals surface area contributed by atoms with E-state index in [1.165, 1.54) is 0 Å². The van der Waals surface area contributed by atoms with E-state index >= 15 is 0 Å². The maximum absolute atomic E-state index is 10.1. The zero-order valence-corrected chi connectivity index (χ0v) is 9.72. The molecule has 0 rings (SSSR count). The van der Waals surface area contributed by atoms with Gasteiger partial charge in [0, 0.05) is 0 Å². The average Bonchev–Trinajstić information content (AvgIpc) is 1.93. The second-order valence-corrected chi connectivity index (χ2v) is 4.58. The van der Waals surface area contributed by atoms with Crippen LogP contribution in [0.15, 0.2) is 0 Å². The largest absolute Gasteiger partial charge is 0.397 e. The highest BCUT2D eigenvalue weighted by molar-refractivity contribution is 7.80. The quantitative estimate of drug-likeness (QED) is 0.513. The molecule has 6 heteroatoms. The second-order valence-electron chi connectivity index (χ2n) is 3.49. The van der Waals surface area contributed by atoms with Gasteiger partial charge in [-0.05, 0) is 12.3 Å². The lowest BCUT2D eigenvalue weighted by Crippen LogP contribution is -2.04. The molecule has 0 aromatic rings. The Morgan fingerprint density at radius 1 is 1.21 bits per heavy atom. The summed E-state index contributed by atoms with van der Waals surface area (Å²) in [6, 6.07) is 0. The normalized spacial score (nSPS) is 11.4. The van der Waals surface area contributed by atoms with Crippen LogP contribution in [-0.2, 0) is 14.6 Å². The standard InChI is InChI=1S/C8H18O4S.H3N/c1-8(2)6-4-3-5-7-12-13(9,10)11;/h8H,3-7H2,1-2H3,(H,9,10,11);1H3. The molecule has 14 heavy (non-hydrogen) atoms. The summed E-state index contributed by atoms with van der Waals surface area (Å²) < 4.78 is 32.6. The van der Waals surface area contributed by atoms with Crippen LogP contribution >= 0.6 is 0 Å². The summed E-state index contributed by atoms with van der Waals surface area (Å²) in [7, 11) is -4.23. The molecule has 4 N–H and O–H groups in total. The third kappa shape index (κ3) is 14.4. The van der Waals surface area contributed by atoms with Crippen LogP contribution < -0.4 is 6.15 Å². The van der Waals surface area contributed by atoms with Crippen LogP contribution in [0.3, 0.4) is 0 Å². The van der Waals surface area contributed by atoms with Gasteiger partial charge in [-0.3, -0.25) is 4.55 Å². The van der Waals surface area contributed by atoms with Crippen LogP contribution in [0, 0.1) is 5.92 Å². The molecule has 5 nitrogen and oxygen atoms in total. The maximum atomic E-state index is 10.1. The molecule has 0 aliphatic heterocycles. The highest BCUT2D eigenvalue weighted by Gasteiger charge is 2.02. The first kappa shape index (κ1) is 16.3. The molecule has 0 aliphatic carbocycles. The monoisotopic (exact) mass is 227 g/mol. The number of unbranched alkanes of at least 4 members (excludes halogenated alkanes) is 2. The molecule has 0 heterocycles. The molecular weight excluding hydrogens is 206 g/mol. The molecule has 0 unspecified atom stereocenters. The molecule has 88 valence electrons. The number of rotatable bonds is 7. The highest BCUT2D eigenvalue weighted by atomic mass is 32.3. The topological polar surface area (TPSA) is 98.6 Å². The lowest BCUT2D eigenvalue weighted by atomic mass is 10.1. The third-order valence-electron chi connectivity index (χ3n) is 1.66. The predicted octanol–water partition coefficient (Wildman–Crippen LogP) is 2.18. The first-order chi connectivity index (χ1) is 5.92. The van der Waals surface area contributed by atoms with Gasteiger partial charge in [-0.2, -0.15) is 8.42 Å². The molecular formula is C8H21NO4S. The molecule has 0 fully saturated rings. The van der Waals surface area contributed by atoms with E-state index < -0.39 is 10.4 Å². The van der Waals surface area contributed by atoms with Crippen LogP contribution in [-0.4, -0.2) is 19.6 Å². The van der Waals surface area contributed by atoms with Gasteiger partial charge >= 0.3 is 10.4 Å². The van der Waals surface area contributed by atoms with Crippen LogP contribution in [0.2, 0.25) is 0 Å². The minimum absolute atomic E-state index is 0. The summed E-state index contributed by atoms with van der Waals surface area (Å²) in [6.45, 7) is 4.38. The molecule has 0 spiro atoms. The van der Waals surface area contributed by atoms with Gasteiger partial charge in [-0.25, -0.2) is 4.18 Å². The molecule has 0 saturated heterocycles. The molecule has 0 radical (unpaired) electrons. The summed E-state index contributed by atoms with van der Waals surface area (Å²) in [5.41, 5.74) is 0. The predicted molar refractivity (Wildman–Crippen MR) is 55.8 cm³/mol. The van der Waals surface area contributed by atoms with Gasteiger partial charge in [0.25, 0.3) is 0 Å². The Balaban J connectivity index is 0. The fourth-order valence-corrected chi connectivity index (χ4v) is 1.32. The minimum Gasteiger partial charge on any atom is -0.344 e. The number of hydrogen-bond donors (Lipinski definition) is 2. The van der Waals surface area contributed by atoms with Gasteiger partial charge in [0.15, 0.2) is 0 Å². The second kappa shape index (κ2) is 8.16. The van der Waals surface area contributed by atoms with Crippen molar-refractivity contribution in [3.8, 4) is 0 Å². The Morgan fingerprint density at radius 3 is 2.21 bits per heavy atom. The summed E-state index contributed by atoms with van der Waals surface area (Å²) in [5, 5.41) is 0. The number of hydrogen-bond acceptors (Lipinski definition) is 4. The van der Waals surface area contributed by atoms with Crippen molar-refractivity contribution in [2.75, 3.05) is 6.61 Å². The van der Waals surface area contributed by atoms with Crippen LogP contribution in [0.25, 0.3) is 0 Å². The summed E-state index contributed by atoms with van der Waals surface area (Å²) in [6.07, 6.45) is 3.83. The molecule has 0 aromatic heterocycles. The van der Waals surface area contributed by atoms with Crippen molar-refractivity contribution in [3.05, 3.63) is 0 Å². The van der Waals surface area contributed by atoms with E-state index in [-0.39, 0.29) is 12.8 Å². The molecule has 0 atom stereocenters. The van der Waals surface area contributed by atoms with E-state index in [0.29, 0.717) is 12.3 Å². The average molecular weight is 227 g/mol. The van der Waals surface area contributed by atoms with Crippen LogP contribution in [0.1, 0.15) is 39.5 Å². The third-order valence-corrected chi connectivity index (χ3v) is 2.12. The first-order valence-electron chi connectivity index (χ1n) is 4.53. The van der Waals surface area contributed by atoms with E-state index in [1.807, 2.05) is 0 Å². The van der Waals surface area contributed by atoms with Crippen LogP contribution in [0.4, 0.5) is 0 Å². The van der Waals surface area contributed by atoms with Crippen LogP contribution in [0.5, 0.6) is 0 Å². The van der Waals surface area contributed by atoms with E-state index in [9.17, 15) is 8.42 Å². The van der Waals surface area contributed by atoms with Gasteiger partial charge in [0.1, 0.15) is 0 Å². The zero-order valence-electron chi connectivity index (χ0n) is 8.90. The molecule has 0 amide bonds. The Morgan fingerprint density at radius 2 is 1.79 bits per heavy atom. The smallest absolute Gasteiger partial charge is 0.344 e. The van der Waals surface area contributed by atoms with E-state index in [1.54, 1.807) is 0 Å². The van der Waals surface area contributed by atoms with Crippen molar-refractivity contribution in [2.45, 2.75) is 39.5 Å². The molecule has 0 saturated carbocycles. The Hall–Kier alpha value is -0.170. The molecule has 0 bridgehead atoms. The lowest BCUT2D eigenvalue weighted by Gasteiger charge is -2.03. The van der Waals surface area contributed by atoms with Crippen molar-refractivity contribution in [1.29, 1.82) is 0 Å². The minimum atomic E-state index is -4.23. The maximum Gasteiger partial charge on any atom is 0.397 e. The van der Waals surface area contributed by atoms with Crippen molar-refractivity contribution in [1.82, 2.24) is 6.15 Å². The molecule has 0 aliphatic rings. The zero-order chi connectivity index (χ0) is 10.3. The van der Waals surface area contributed by atoms with Gasteiger partial charge < -0.3 is 6.15 Å². The van der Waals surface area contributed by atoms with E-state index in [0.717, 1.165) is 19.3 Å². The first-order valence-corrected chi connectivity index (χ1v) is 5.90. The Kier molecular flexibility index (Phi) is 9.49. The summed E-state index contributed by atoms with van der Waals surface area (Å²) in [4.78, 5) is 0. The van der Waals surface area contributed by atoms with Gasteiger partial charge in [-0.1, -0.05) is 33.1 Å². The van der Waals surface area contributed by atoms with Gasteiger partial charge in [0.2, 0.25) is 0 Å². The van der Waals surface area contributed by atoms with E-state index in [2.05, 4.69) is 18.0 Å². The summed E-state index contributed by atoms with van der Waals surface area (Å²) >= 11 is 0. The van der Waals surface area contributed by atoms with Gasteiger partial charge in [-0.15, -0.1) is 0 Å². The van der Waals surface area contributed by atoms with E-state index in [4.69, 9.17) is 4.55 Å². The SMILES string of the molecule is CC(C)CCCCCOS(=O)(=O)O.N. The Labute approximate surface area is 86.4 Å². The Bertz CT molecular complexity index is 213. The van der Waals surface area contributed by atoms with Crippen molar-refractivity contribution < 1.29 is 17.2 Å². The van der Waals surface area contributed by atoms with Crippen molar-refractivity contribution >= 4 is 10.4 Å². The van der Waals surface area contributed by atoms with Gasteiger partial charge in [0.05, 0.1) is 6.61 Å². The molecule has 0 aromatic carbocycles. The van der Waals surface area contributed by atoms with Crippen molar-refractivity contribution in [3.63, 3.8) is 0 Å². The summed E-state index contributed by atoms with van der Waals surface area (Å²) in [5.74, 6) is 0.683. The fraction of sp³-hybridized carbons (Fsp3) is 1.00.